The van der Waals surface area contributed by atoms with E-state index in [1.807, 2.05) is 0 Å². The molecule has 1 aliphatic rings. The normalized spacial score (nSPS) is 13.4. The number of aryl methyl sites for hydroxylation is 3. The molecular weight excluding hydrogens is 388 g/mol. The lowest BCUT2D eigenvalue weighted by molar-refractivity contribution is 0.553. The van der Waals surface area contributed by atoms with Gasteiger partial charge in [0.2, 0.25) is 0 Å². The Hall–Kier alpha value is -3.26. The van der Waals surface area contributed by atoms with Crippen molar-refractivity contribution >= 4 is 38.8 Å². The minimum absolute atomic E-state index is 1.10. The maximum atomic E-state index is 2.56. The highest BCUT2D eigenvalue weighted by Crippen LogP contribution is 2.32. The van der Waals surface area contributed by atoms with Gasteiger partial charge in [-0.25, -0.2) is 0 Å². The molecule has 160 valence electrons. The molecule has 0 fully saturated rings. The van der Waals surface area contributed by atoms with Crippen LogP contribution in [0.1, 0.15) is 43.4 Å². The second kappa shape index (κ2) is 8.35. The van der Waals surface area contributed by atoms with Crippen molar-refractivity contribution in [2.75, 3.05) is 0 Å². The summed E-state index contributed by atoms with van der Waals surface area (Å²) in [6.07, 6.45) is 12.1. The predicted molar refractivity (Wildman–Crippen MR) is 137 cm³/mol. The Bertz CT molecular complexity index is 1380. The molecule has 0 bridgehead atoms. The summed E-state index contributed by atoms with van der Waals surface area (Å²) in [5.74, 6) is 0. The zero-order chi connectivity index (χ0) is 21.3. The summed E-state index contributed by atoms with van der Waals surface area (Å²) in [6, 6.07) is 26.6. The smallest absolute Gasteiger partial charge is 0.0491 e. The lowest BCUT2D eigenvalue weighted by Crippen LogP contribution is -2.03. The average molecular weight is 419 g/mol. The molecule has 0 unspecified atom stereocenters. The van der Waals surface area contributed by atoms with Gasteiger partial charge in [0.25, 0.3) is 0 Å². The molecule has 2 nitrogen and oxygen atoms in total. The van der Waals surface area contributed by atoms with E-state index in [0.717, 1.165) is 13.1 Å². The van der Waals surface area contributed by atoms with Crippen LogP contribution < -0.4 is 0 Å². The molecule has 6 rings (SSSR count). The minimum atomic E-state index is 1.10. The molecule has 2 aromatic heterocycles. The van der Waals surface area contributed by atoms with E-state index in [4.69, 9.17) is 0 Å². The number of nitrogens with zero attached hydrogens (tertiary/aromatic N) is 2. The lowest BCUT2D eigenvalue weighted by atomic mass is 10.0. The Morgan fingerprint density at radius 3 is 1.75 bits per heavy atom. The molecule has 0 saturated heterocycles. The molecule has 0 aliphatic heterocycles. The number of allylic oxidation sites excluding steroid dienone is 1. The first kappa shape index (κ1) is 19.4. The summed E-state index contributed by atoms with van der Waals surface area (Å²) >= 11 is 0. The van der Waals surface area contributed by atoms with Crippen molar-refractivity contribution in [2.24, 2.45) is 0 Å². The van der Waals surface area contributed by atoms with Crippen LogP contribution in [0.5, 0.6) is 0 Å². The van der Waals surface area contributed by atoms with Gasteiger partial charge in [-0.1, -0.05) is 73.5 Å². The lowest BCUT2D eigenvalue weighted by Gasteiger charge is -2.12. The number of benzene rings is 3. The first-order valence-corrected chi connectivity index (χ1v) is 12.1. The van der Waals surface area contributed by atoms with Crippen molar-refractivity contribution < 1.29 is 0 Å². The van der Waals surface area contributed by atoms with Crippen LogP contribution in [0.25, 0.3) is 38.8 Å². The first-order valence-electron chi connectivity index (χ1n) is 12.1. The van der Waals surface area contributed by atoms with Crippen LogP contribution >= 0.6 is 0 Å². The molecule has 32 heavy (non-hydrogen) atoms. The van der Waals surface area contributed by atoms with Gasteiger partial charge in [-0.05, 0) is 55.5 Å². The molecule has 1 aliphatic carbocycles. The molecule has 0 saturated carbocycles. The molecule has 5 aromatic rings. The van der Waals surface area contributed by atoms with E-state index in [2.05, 4.69) is 94.1 Å². The Morgan fingerprint density at radius 1 is 0.562 bits per heavy atom. The fourth-order valence-electron chi connectivity index (χ4n) is 5.65. The van der Waals surface area contributed by atoms with Crippen molar-refractivity contribution in [3.63, 3.8) is 0 Å². The van der Waals surface area contributed by atoms with E-state index in [1.54, 1.807) is 5.56 Å². The van der Waals surface area contributed by atoms with E-state index in [9.17, 15) is 0 Å². The molecule has 2 heterocycles. The van der Waals surface area contributed by atoms with Crippen LogP contribution in [-0.2, 0) is 19.5 Å². The fraction of sp³-hybridized carbons (Fsp3) is 0.267. The first-order chi connectivity index (χ1) is 15.9. The number of rotatable bonds is 7. The maximum absolute atomic E-state index is 2.56. The Labute approximate surface area is 189 Å². The van der Waals surface area contributed by atoms with E-state index in [0.29, 0.717) is 0 Å². The van der Waals surface area contributed by atoms with E-state index in [-0.39, 0.29) is 0 Å². The van der Waals surface area contributed by atoms with Crippen LogP contribution in [0, 0.1) is 0 Å². The number of fused-ring (bicyclic) bond motifs is 6. The van der Waals surface area contributed by atoms with Crippen LogP contribution in [0.15, 0.2) is 78.9 Å². The highest BCUT2D eigenvalue weighted by molar-refractivity contribution is 6.07. The Balaban J connectivity index is 1.12. The van der Waals surface area contributed by atoms with Gasteiger partial charge in [-0.2, -0.15) is 0 Å². The molecule has 2 heteroatoms. The summed E-state index contributed by atoms with van der Waals surface area (Å²) in [4.78, 5) is 0. The van der Waals surface area contributed by atoms with Crippen molar-refractivity contribution in [3.05, 3.63) is 90.1 Å². The highest BCUT2D eigenvalue weighted by atomic mass is 15.0. The van der Waals surface area contributed by atoms with Gasteiger partial charge in [0.15, 0.2) is 0 Å². The Morgan fingerprint density at radius 2 is 1.09 bits per heavy atom. The van der Waals surface area contributed by atoms with Crippen LogP contribution in [0.2, 0.25) is 0 Å². The number of aromatic nitrogens is 2. The molecule has 0 spiro atoms. The van der Waals surface area contributed by atoms with E-state index >= 15 is 0 Å². The molecule has 0 atom stereocenters. The number of hydrogen-bond acceptors (Lipinski definition) is 0. The zero-order valence-corrected chi connectivity index (χ0v) is 18.6. The van der Waals surface area contributed by atoms with E-state index < -0.39 is 0 Å². The molecule has 0 amide bonds. The van der Waals surface area contributed by atoms with E-state index in [1.165, 1.54) is 76.9 Å². The van der Waals surface area contributed by atoms with Crippen molar-refractivity contribution in [1.82, 2.24) is 9.13 Å². The summed E-state index contributed by atoms with van der Waals surface area (Å²) < 4.78 is 5.08. The maximum Gasteiger partial charge on any atom is 0.0491 e. The van der Waals surface area contributed by atoms with Gasteiger partial charge in [0.1, 0.15) is 0 Å². The van der Waals surface area contributed by atoms with Crippen LogP contribution in [0.3, 0.4) is 0 Å². The summed E-state index contributed by atoms with van der Waals surface area (Å²) in [6.45, 7) is 2.22. The van der Waals surface area contributed by atoms with Gasteiger partial charge in [0, 0.05) is 51.5 Å². The molecular formula is C30H30N2. The molecule has 3 aromatic carbocycles. The van der Waals surface area contributed by atoms with Crippen LogP contribution in [-0.4, -0.2) is 9.13 Å². The van der Waals surface area contributed by atoms with Gasteiger partial charge in [-0.3, -0.25) is 0 Å². The number of hydrogen-bond donors (Lipinski definition) is 0. The average Bonchev–Trinajstić information content (AvgIpc) is 3.35. The largest absolute Gasteiger partial charge is 0.341 e. The summed E-state index contributed by atoms with van der Waals surface area (Å²) in [7, 11) is 0. The highest BCUT2D eigenvalue weighted by Gasteiger charge is 2.16. The van der Waals surface area contributed by atoms with Crippen molar-refractivity contribution in [1.29, 1.82) is 0 Å². The SMILES string of the molecule is C1=Cc2c(c3ccccc3n2CCCCCCn2c3ccccc3c3ccccc32)CC1. The van der Waals surface area contributed by atoms with Crippen molar-refractivity contribution in [3.8, 4) is 0 Å². The quantitative estimate of drug-likeness (QED) is 0.237. The fourth-order valence-corrected chi connectivity index (χ4v) is 5.65. The number of para-hydroxylation sites is 3. The molecule has 0 N–H and O–H groups in total. The second-order valence-corrected chi connectivity index (χ2v) is 9.07. The standard InChI is InChI=1S/C30H30N2/c1(11-21-31-27-17-7-3-13-23(27)24-14-4-8-18-28(24)31)2-12-22-32-29-19-9-5-15-25(29)26-16-6-10-20-30(26)32/h3-5,7-10,13-15,17-20H,1-2,6,11-12,16,21-22H2. The Kier molecular flexibility index (Phi) is 5.07. The third kappa shape index (κ3) is 3.26. The van der Waals surface area contributed by atoms with Gasteiger partial charge < -0.3 is 9.13 Å². The topological polar surface area (TPSA) is 9.86 Å². The second-order valence-electron chi connectivity index (χ2n) is 9.07. The summed E-state index contributed by atoms with van der Waals surface area (Å²) in [5.41, 5.74) is 7.14. The zero-order valence-electron chi connectivity index (χ0n) is 18.6. The number of unbranched alkanes of at least 4 members (excludes halogenated alkanes) is 3. The van der Waals surface area contributed by atoms with Gasteiger partial charge in [-0.15, -0.1) is 0 Å². The van der Waals surface area contributed by atoms with Gasteiger partial charge >= 0.3 is 0 Å². The molecule has 0 radical (unpaired) electrons. The van der Waals surface area contributed by atoms with Crippen LogP contribution in [0.4, 0.5) is 0 Å². The van der Waals surface area contributed by atoms with Crippen molar-refractivity contribution in [2.45, 2.75) is 51.6 Å². The minimum Gasteiger partial charge on any atom is -0.341 e. The monoisotopic (exact) mass is 418 g/mol. The predicted octanol–water partition coefficient (Wildman–Crippen LogP) is 7.97. The van der Waals surface area contributed by atoms with Gasteiger partial charge in [0.05, 0.1) is 0 Å². The third-order valence-electron chi connectivity index (χ3n) is 7.15. The summed E-state index contributed by atoms with van der Waals surface area (Å²) in [5, 5.41) is 4.21. The third-order valence-corrected chi connectivity index (χ3v) is 7.15.